The van der Waals surface area contributed by atoms with Gasteiger partial charge in [0.25, 0.3) is 0 Å². The third-order valence-electron chi connectivity index (χ3n) is 1.65. The summed E-state index contributed by atoms with van der Waals surface area (Å²) in [6, 6.07) is 3.90. The number of nitrogens with one attached hydrogen (secondary N) is 1. The highest BCUT2D eigenvalue weighted by atomic mass is 15.3. The van der Waals surface area contributed by atoms with Crippen LogP contribution in [0.15, 0.2) is 18.3 Å². The lowest BCUT2D eigenvalue weighted by molar-refractivity contribution is 0.822. The van der Waals surface area contributed by atoms with E-state index < -0.39 is 0 Å². The van der Waals surface area contributed by atoms with Gasteiger partial charge in [-0.1, -0.05) is 0 Å². The van der Waals surface area contributed by atoms with Crippen molar-refractivity contribution < 1.29 is 0 Å². The zero-order valence-electron chi connectivity index (χ0n) is 7.07. The van der Waals surface area contributed by atoms with E-state index in [2.05, 4.69) is 15.3 Å². The second kappa shape index (κ2) is 2.48. The number of aromatic amines is 1. The van der Waals surface area contributed by atoms with Crippen molar-refractivity contribution in [2.75, 3.05) is 0 Å². The summed E-state index contributed by atoms with van der Waals surface area (Å²) in [5, 5.41) is 11.2. The molecule has 0 unspecified atom stereocenters. The highest BCUT2D eigenvalue weighted by molar-refractivity contribution is 5.22. The van der Waals surface area contributed by atoms with Crippen LogP contribution in [-0.4, -0.2) is 20.0 Å². The SMILES string of the molecule is Cc1ccn(-c2cc(C)[nH]n2)n1. The normalized spacial score (nSPS) is 10.5. The molecule has 0 saturated heterocycles. The first-order valence-electron chi connectivity index (χ1n) is 3.80. The molecule has 12 heavy (non-hydrogen) atoms. The summed E-state index contributed by atoms with van der Waals surface area (Å²) in [5.74, 6) is 0.834. The first-order chi connectivity index (χ1) is 5.75. The van der Waals surface area contributed by atoms with Gasteiger partial charge in [0.05, 0.1) is 5.69 Å². The Balaban J connectivity index is 2.43. The Kier molecular flexibility index (Phi) is 1.46. The molecule has 2 aromatic heterocycles. The Hall–Kier alpha value is -1.58. The van der Waals surface area contributed by atoms with E-state index in [1.165, 1.54) is 0 Å². The third-order valence-corrected chi connectivity index (χ3v) is 1.65. The van der Waals surface area contributed by atoms with E-state index in [-0.39, 0.29) is 0 Å². The number of hydrogen-bond acceptors (Lipinski definition) is 2. The molecule has 2 heterocycles. The van der Waals surface area contributed by atoms with Crippen molar-refractivity contribution in [3.63, 3.8) is 0 Å². The number of aryl methyl sites for hydroxylation is 2. The van der Waals surface area contributed by atoms with Gasteiger partial charge in [0, 0.05) is 18.0 Å². The lowest BCUT2D eigenvalue weighted by Gasteiger charge is -1.91. The van der Waals surface area contributed by atoms with Crippen LogP contribution in [0.25, 0.3) is 5.82 Å². The Morgan fingerprint density at radius 1 is 1.42 bits per heavy atom. The van der Waals surface area contributed by atoms with Crippen LogP contribution in [0.4, 0.5) is 0 Å². The van der Waals surface area contributed by atoms with Gasteiger partial charge >= 0.3 is 0 Å². The highest BCUT2D eigenvalue weighted by Gasteiger charge is 2.00. The monoisotopic (exact) mass is 162 g/mol. The van der Waals surface area contributed by atoms with Gasteiger partial charge in [-0.15, -0.1) is 0 Å². The molecule has 0 aliphatic heterocycles. The molecule has 2 aromatic rings. The molecule has 0 aliphatic rings. The van der Waals surface area contributed by atoms with Gasteiger partial charge in [-0.3, -0.25) is 5.10 Å². The van der Waals surface area contributed by atoms with E-state index in [1.807, 2.05) is 32.2 Å². The molecule has 0 aliphatic carbocycles. The first-order valence-corrected chi connectivity index (χ1v) is 3.80. The number of aromatic nitrogens is 4. The predicted molar refractivity (Wildman–Crippen MR) is 45.2 cm³/mol. The van der Waals surface area contributed by atoms with E-state index in [1.54, 1.807) is 4.68 Å². The molecule has 0 fully saturated rings. The summed E-state index contributed by atoms with van der Waals surface area (Å²) in [7, 11) is 0. The molecule has 0 saturated carbocycles. The molecule has 0 atom stereocenters. The van der Waals surface area contributed by atoms with E-state index >= 15 is 0 Å². The highest BCUT2D eigenvalue weighted by Crippen LogP contribution is 2.04. The number of H-pyrrole nitrogens is 1. The van der Waals surface area contributed by atoms with Crippen molar-refractivity contribution in [1.29, 1.82) is 0 Å². The Labute approximate surface area is 70.2 Å². The van der Waals surface area contributed by atoms with Crippen LogP contribution in [0.2, 0.25) is 0 Å². The van der Waals surface area contributed by atoms with Crippen LogP contribution in [0.5, 0.6) is 0 Å². The fourth-order valence-electron chi connectivity index (χ4n) is 1.06. The minimum absolute atomic E-state index is 0.834. The van der Waals surface area contributed by atoms with Crippen molar-refractivity contribution in [3.05, 3.63) is 29.7 Å². The van der Waals surface area contributed by atoms with E-state index in [9.17, 15) is 0 Å². The maximum absolute atomic E-state index is 4.23. The Morgan fingerprint density at radius 3 is 2.75 bits per heavy atom. The maximum atomic E-state index is 4.23. The zero-order valence-corrected chi connectivity index (χ0v) is 7.07. The first kappa shape index (κ1) is 7.09. The van der Waals surface area contributed by atoms with Gasteiger partial charge in [0.1, 0.15) is 0 Å². The summed E-state index contributed by atoms with van der Waals surface area (Å²) in [4.78, 5) is 0. The average molecular weight is 162 g/mol. The number of nitrogens with zero attached hydrogens (tertiary/aromatic N) is 3. The van der Waals surface area contributed by atoms with Gasteiger partial charge in [0.15, 0.2) is 5.82 Å². The standard InChI is InChI=1S/C8H10N4/c1-6-3-4-12(11-6)8-5-7(2)9-10-8/h3-5H,1-2H3,(H,9,10). The lowest BCUT2D eigenvalue weighted by atomic mass is 10.5. The maximum Gasteiger partial charge on any atom is 0.175 e. The van der Waals surface area contributed by atoms with E-state index in [0.717, 1.165) is 17.2 Å². The van der Waals surface area contributed by atoms with Crippen LogP contribution >= 0.6 is 0 Å². The lowest BCUT2D eigenvalue weighted by Crippen LogP contribution is -1.94. The van der Waals surface area contributed by atoms with Crippen LogP contribution in [0, 0.1) is 13.8 Å². The van der Waals surface area contributed by atoms with E-state index in [4.69, 9.17) is 0 Å². The summed E-state index contributed by atoms with van der Waals surface area (Å²) >= 11 is 0. The summed E-state index contributed by atoms with van der Waals surface area (Å²) in [6.07, 6.45) is 1.89. The quantitative estimate of drug-likeness (QED) is 0.685. The van der Waals surface area contributed by atoms with Crippen LogP contribution in [-0.2, 0) is 0 Å². The number of rotatable bonds is 1. The minimum atomic E-state index is 0.834. The average Bonchev–Trinajstić information content (AvgIpc) is 2.58. The molecule has 0 bridgehead atoms. The second-order valence-corrected chi connectivity index (χ2v) is 2.81. The largest absolute Gasteiger partial charge is 0.281 e. The van der Waals surface area contributed by atoms with Crippen LogP contribution < -0.4 is 0 Å². The molecule has 4 heteroatoms. The van der Waals surface area contributed by atoms with Gasteiger partial charge in [-0.05, 0) is 19.9 Å². The topological polar surface area (TPSA) is 46.5 Å². The fourth-order valence-corrected chi connectivity index (χ4v) is 1.06. The summed E-state index contributed by atoms with van der Waals surface area (Å²) < 4.78 is 1.75. The molecule has 62 valence electrons. The molecule has 0 radical (unpaired) electrons. The molecular weight excluding hydrogens is 152 g/mol. The van der Waals surface area contributed by atoms with Crippen molar-refractivity contribution in [1.82, 2.24) is 20.0 Å². The molecule has 1 N–H and O–H groups in total. The second-order valence-electron chi connectivity index (χ2n) is 2.81. The van der Waals surface area contributed by atoms with Crippen molar-refractivity contribution >= 4 is 0 Å². The molecular formula is C8H10N4. The summed E-state index contributed by atoms with van der Waals surface area (Å²) in [6.45, 7) is 3.92. The molecule has 0 aromatic carbocycles. The van der Waals surface area contributed by atoms with Gasteiger partial charge in [0.2, 0.25) is 0 Å². The van der Waals surface area contributed by atoms with Gasteiger partial charge < -0.3 is 0 Å². The predicted octanol–water partition coefficient (Wildman–Crippen LogP) is 1.21. The van der Waals surface area contributed by atoms with Crippen molar-refractivity contribution in [3.8, 4) is 5.82 Å². The zero-order chi connectivity index (χ0) is 8.55. The Morgan fingerprint density at radius 2 is 2.25 bits per heavy atom. The molecule has 0 spiro atoms. The van der Waals surface area contributed by atoms with Crippen LogP contribution in [0.3, 0.4) is 0 Å². The van der Waals surface area contributed by atoms with Gasteiger partial charge in [-0.25, -0.2) is 4.68 Å². The minimum Gasteiger partial charge on any atom is -0.281 e. The van der Waals surface area contributed by atoms with E-state index in [0.29, 0.717) is 0 Å². The molecule has 2 rings (SSSR count). The van der Waals surface area contributed by atoms with Crippen LogP contribution in [0.1, 0.15) is 11.4 Å². The van der Waals surface area contributed by atoms with Gasteiger partial charge in [-0.2, -0.15) is 10.2 Å². The fraction of sp³-hybridized carbons (Fsp3) is 0.250. The smallest absolute Gasteiger partial charge is 0.175 e. The number of hydrogen-bond donors (Lipinski definition) is 1. The Bertz CT molecular complexity index is 347. The van der Waals surface area contributed by atoms with Crippen molar-refractivity contribution in [2.45, 2.75) is 13.8 Å². The summed E-state index contributed by atoms with van der Waals surface area (Å²) in [5.41, 5.74) is 2.04. The van der Waals surface area contributed by atoms with Crippen molar-refractivity contribution in [2.24, 2.45) is 0 Å². The third kappa shape index (κ3) is 1.11. The molecule has 0 amide bonds. The molecule has 4 nitrogen and oxygen atoms in total.